The Labute approximate surface area is 275 Å². The summed E-state index contributed by atoms with van der Waals surface area (Å²) in [6.45, 7) is 1.20. The average molecular weight is 677 g/mol. The van der Waals surface area contributed by atoms with E-state index in [-0.39, 0.29) is 29.1 Å². The fourth-order valence-corrected chi connectivity index (χ4v) is 7.42. The molecule has 9 nitrogen and oxygen atoms in total. The molecule has 0 spiro atoms. The number of sulfonamides is 1. The number of hydrogen-bond donors (Lipinski definition) is 1. The third kappa shape index (κ3) is 8.42. The first-order valence-electron chi connectivity index (χ1n) is 14.9. The van der Waals surface area contributed by atoms with E-state index in [1.165, 1.54) is 37.3 Å². The number of hydrogen-bond acceptors (Lipinski definition) is 6. The highest BCUT2D eigenvalue weighted by Crippen LogP contribution is 2.34. The molecule has 1 N–H and O–H groups in total. The number of anilines is 1. The van der Waals surface area contributed by atoms with Gasteiger partial charge in [0.1, 0.15) is 12.6 Å². The standard InChI is InChI=1S/C33H39Cl2N3O6S/c1-4-29(33(40)36-25-11-7-5-8-12-25)37(21-23-15-16-24(34)19-28(23)35)32(39)22-38(45(41,42)27-13-9-6-10-14-27)26-17-18-30(43-2)31(20-26)44-3/h6,9-10,13-20,25,29H,4-5,7-8,11-12,21-22H2,1-3H3,(H,36,40). The molecule has 1 atom stereocenters. The summed E-state index contributed by atoms with van der Waals surface area (Å²) in [7, 11) is -1.33. The minimum absolute atomic E-state index is 0.00182. The Morgan fingerprint density at radius 1 is 0.933 bits per heavy atom. The second-order valence-electron chi connectivity index (χ2n) is 10.9. The van der Waals surface area contributed by atoms with Gasteiger partial charge in [0.25, 0.3) is 10.0 Å². The first-order valence-corrected chi connectivity index (χ1v) is 17.1. The third-order valence-corrected chi connectivity index (χ3v) is 10.3. The molecular weight excluding hydrogens is 637 g/mol. The van der Waals surface area contributed by atoms with Crippen molar-refractivity contribution in [3.05, 3.63) is 82.3 Å². The number of carbonyl (C=O) groups is 2. The lowest BCUT2D eigenvalue weighted by Gasteiger charge is -2.34. The van der Waals surface area contributed by atoms with Gasteiger partial charge in [-0.25, -0.2) is 8.42 Å². The second kappa shape index (κ2) is 15.7. The fraction of sp³-hybridized carbons (Fsp3) is 0.394. The highest BCUT2D eigenvalue weighted by molar-refractivity contribution is 7.92. The minimum atomic E-state index is -4.24. The molecule has 4 rings (SSSR count). The Morgan fingerprint density at radius 3 is 2.24 bits per heavy atom. The largest absolute Gasteiger partial charge is 0.493 e. The Morgan fingerprint density at radius 2 is 1.62 bits per heavy atom. The summed E-state index contributed by atoms with van der Waals surface area (Å²) in [5.41, 5.74) is 0.760. The highest BCUT2D eigenvalue weighted by Gasteiger charge is 2.35. The van der Waals surface area contributed by atoms with Gasteiger partial charge in [-0.2, -0.15) is 0 Å². The van der Waals surface area contributed by atoms with Gasteiger partial charge in [0, 0.05) is 28.7 Å². The van der Waals surface area contributed by atoms with Crippen LogP contribution in [0.2, 0.25) is 10.0 Å². The van der Waals surface area contributed by atoms with Crippen molar-refractivity contribution in [2.24, 2.45) is 0 Å². The van der Waals surface area contributed by atoms with E-state index in [0.717, 1.165) is 36.4 Å². The first kappa shape index (κ1) is 34.4. The SMILES string of the molecule is CCC(C(=O)NC1CCCCC1)N(Cc1ccc(Cl)cc1Cl)C(=O)CN(c1ccc(OC)c(OC)c1)S(=O)(=O)c1ccccc1. The summed E-state index contributed by atoms with van der Waals surface area (Å²) in [5, 5.41) is 3.89. The Bertz CT molecular complexity index is 1580. The number of rotatable bonds is 13. The van der Waals surface area contributed by atoms with Gasteiger partial charge in [-0.05, 0) is 61.2 Å². The van der Waals surface area contributed by atoms with Crippen LogP contribution in [0.1, 0.15) is 51.0 Å². The molecule has 12 heteroatoms. The van der Waals surface area contributed by atoms with Crippen LogP contribution < -0.4 is 19.1 Å². The van der Waals surface area contributed by atoms with E-state index in [9.17, 15) is 18.0 Å². The molecule has 0 bridgehead atoms. The summed E-state index contributed by atoms with van der Waals surface area (Å²) in [5.74, 6) is -0.180. The van der Waals surface area contributed by atoms with E-state index >= 15 is 0 Å². The molecule has 0 heterocycles. The number of amides is 2. The normalized spacial score (nSPS) is 14.3. The number of halogens is 2. The van der Waals surface area contributed by atoms with E-state index < -0.39 is 28.5 Å². The van der Waals surface area contributed by atoms with E-state index in [1.807, 2.05) is 6.92 Å². The maximum absolute atomic E-state index is 14.4. The van der Waals surface area contributed by atoms with Gasteiger partial charge in [-0.15, -0.1) is 0 Å². The van der Waals surface area contributed by atoms with Gasteiger partial charge in [-0.3, -0.25) is 13.9 Å². The van der Waals surface area contributed by atoms with E-state index in [0.29, 0.717) is 33.5 Å². The fourth-order valence-electron chi connectivity index (χ4n) is 5.53. The predicted octanol–water partition coefficient (Wildman–Crippen LogP) is 6.46. The summed E-state index contributed by atoms with van der Waals surface area (Å²) in [4.78, 5) is 29.5. The third-order valence-electron chi connectivity index (χ3n) is 7.96. The maximum atomic E-state index is 14.4. The van der Waals surface area contributed by atoms with E-state index in [1.54, 1.807) is 48.5 Å². The molecule has 1 aliphatic carbocycles. The molecule has 1 fully saturated rings. The van der Waals surface area contributed by atoms with Gasteiger partial charge in [-0.1, -0.05) is 73.7 Å². The van der Waals surface area contributed by atoms with Crippen LogP contribution in [0.3, 0.4) is 0 Å². The van der Waals surface area contributed by atoms with Crippen LogP contribution in [0.5, 0.6) is 11.5 Å². The number of carbonyl (C=O) groups excluding carboxylic acids is 2. The van der Waals surface area contributed by atoms with Gasteiger partial charge in [0.2, 0.25) is 11.8 Å². The molecule has 0 aliphatic heterocycles. The van der Waals surface area contributed by atoms with Gasteiger partial charge < -0.3 is 19.7 Å². The van der Waals surface area contributed by atoms with Gasteiger partial charge in [0.15, 0.2) is 11.5 Å². The molecule has 45 heavy (non-hydrogen) atoms. The zero-order valence-corrected chi connectivity index (χ0v) is 28.0. The van der Waals surface area contributed by atoms with Crippen LogP contribution >= 0.6 is 23.2 Å². The van der Waals surface area contributed by atoms with E-state index in [4.69, 9.17) is 32.7 Å². The first-order chi connectivity index (χ1) is 21.6. The lowest BCUT2D eigenvalue weighted by molar-refractivity contribution is -0.140. The monoisotopic (exact) mass is 675 g/mol. The van der Waals surface area contributed by atoms with E-state index in [2.05, 4.69) is 5.32 Å². The molecule has 0 saturated heterocycles. The van der Waals surface area contributed by atoms with Gasteiger partial charge in [0.05, 0.1) is 24.8 Å². The molecule has 1 aliphatic rings. The van der Waals surface area contributed by atoms with Crippen molar-refractivity contribution >= 4 is 50.7 Å². The Kier molecular flexibility index (Phi) is 12.0. The molecule has 0 aromatic heterocycles. The summed E-state index contributed by atoms with van der Waals surface area (Å²) >= 11 is 12.7. The van der Waals surface area contributed by atoms with Crippen LogP contribution in [-0.4, -0.2) is 58.0 Å². The number of benzene rings is 3. The van der Waals surface area contributed by atoms with Crippen LogP contribution in [0, 0.1) is 0 Å². The predicted molar refractivity (Wildman–Crippen MR) is 177 cm³/mol. The lowest BCUT2D eigenvalue weighted by atomic mass is 9.95. The molecule has 1 saturated carbocycles. The molecule has 3 aromatic carbocycles. The maximum Gasteiger partial charge on any atom is 0.264 e. The van der Waals surface area contributed by atoms with Crippen LogP contribution in [0.4, 0.5) is 5.69 Å². The van der Waals surface area contributed by atoms with Crippen molar-refractivity contribution in [3.63, 3.8) is 0 Å². The number of nitrogens with zero attached hydrogens (tertiary/aromatic N) is 2. The second-order valence-corrected chi connectivity index (χ2v) is 13.6. The Hall–Kier alpha value is -3.47. The number of nitrogens with one attached hydrogen (secondary N) is 1. The minimum Gasteiger partial charge on any atom is -0.493 e. The van der Waals surface area contributed by atoms with Crippen molar-refractivity contribution in [1.29, 1.82) is 0 Å². The van der Waals surface area contributed by atoms with Gasteiger partial charge >= 0.3 is 0 Å². The summed E-state index contributed by atoms with van der Waals surface area (Å²) in [6, 6.07) is 16.5. The molecule has 1 unspecified atom stereocenters. The lowest BCUT2D eigenvalue weighted by Crippen LogP contribution is -2.54. The quantitative estimate of drug-likeness (QED) is 0.223. The van der Waals surface area contributed by atoms with Crippen LogP contribution in [0.15, 0.2) is 71.6 Å². The molecule has 3 aromatic rings. The molecule has 2 amide bonds. The van der Waals surface area contributed by atoms with Crippen molar-refractivity contribution < 1.29 is 27.5 Å². The highest BCUT2D eigenvalue weighted by atomic mass is 35.5. The molecule has 0 radical (unpaired) electrons. The zero-order valence-electron chi connectivity index (χ0n) is 25.7. The Balaban J connectivity index is 1.76. The number of ether oxygens (including phenoxy) is 2. The summed E-state index contributed by atoms with van der Waals surface area (Å²) in [6.07, 6.45) is 5.25. The summed E-state index contributed by atoms with van der Waals surface area (Å²) < 4.78 is 40.0. The average Bonchev–Trinajstić information content (AvgIpc) is 3.04. The molecule has 242 valence electrons. The van der Waals surface area contributed by atoms with Crippen LogP contribution in [-0.2, 0) is 26.2 Å². The number of methoxy groups -OCH3 is 2. The topological polar surface area (TPSA) is 105 Å². The van der Waals surface area contributed by atoms with Crippen LogP contribution in [0.25, 0.3) is 0 Å². The molecular formula is C33H39Cl2N3O6S. The zero-order chi connectivity index (χ0) is 32.6. The van der Waals surface area contributed by atoms with Crippen molar-refractivity contribution in [2.45, 2.75) is 69.0 Å². The van der Waals surface area contributed by atoms with Crippen molar-refractivity contribution in [1.82, 2.24) is 10.2 Å². The van der Waals surface area contributed by atoms with Crippen molar-refractivity contribution in [2.75, 3.05) is 25.1 Å². The van der Waals surface area contributed by atoms with Crippen molar-refractivity contribution in [3.8, 4) is 11.5 Å². The smallest absolute Gasteiger partial charge is 0.264 e.